The van der Waals surface area contributed by atoms with Crippen LogP contribution in [0.2, 0.25) is 0 Å². The van der Waals surface area contributed by atoms with Crippen molar-refractivity contribution in [3.63, 3.8) is 0 Å². The van der Waals surface area contributed by atoms with Crippen LogP contribution in [0.4, 0.5) is 5.00 Å². The highest BCUT2D eigenvalue weighted by molar-refractivity contribution is 7.10. The zero-order valence-corrected chi connectivity index (χ0v) is 11.9. The Morgan fingerprint density at radius 2 is 2.22 bits per heavy atom. The second-order valence-electron chi connectivity index (χ2n) is 4.93. The normalized spacial score (nSPS) is 16.1. The monoisotopic (exact) mass is 264 g/mol. The lowest BCUT2D eigenvalue weighted by Gasteiger charge is -2.23. The third kappa shape index (κ3) is 3.01. The van der Waals surface area contributed by atoms with Crippen molar-refractivity contribution in [2.24, 2.45) is 0 Å². The second kappa shape index (κ2) is 6.17. The second-order valence-corrected chi connectivity index (χ2v) is 5.70. The van der Waals surface area contributed by atoms with E-state index in [-0.39, 0.29) is 0 Å². The highest BCUT2D eigenvalue weighted by Gasteiger charge is 2.19. The fraction of sp³-hybridized carbons (Fsp3) is 0.692. The van der Waals surface area contributed by atoms with Gasteiger partial charge in [-0.05, 0) is 38.3 Å². The molecule has 0 aromatic carbocycles. The van der Waals surface area contributed by atoms with Crippen LogP contribution in [0.25, 0.3) is 0 Å². The fourth-order valence-corrected chi connectivity index (χ4v) is 3.27. The van der Waals surface area contributed by atoms with E-state index in [1.54, 1.807) is 0 Å². The zero-order valence-electron chi connectivity index (χ0n) is 11.1. The molecule has 0 atom stereocenters. The minimum atomic E-state index is 0.698. The lowest BCUT2D eigenvalue weighted by atomic mass is 10.2. The Labute approximate surface area is 113 Å². The number of hydrogen-bond donors (Lipinski definition) is 1. The van der Waals surface area contributed by atoms with Gasteiger partial charge in [-0.3, -0.25) is 0 Å². The van der Waals surface area contributed by atoms with Gasteiger partial charge in [0.15, 0.2) is 0 Å². The number of aromatic nitrogens is 1. The fourth-order valence-electron chi connectivity index (χ4n) is 2.50. The van der Waals surface area contributed by atoms with Crippen LogP contribution in [-0.2, 0) is 0 Å². The van der Waals surface area contributed by atoms with Crippen molar-refractivity contribution in [2.75, 3.05) is 25.5 Å². The number of aryl methyl sites for hydroxylation is 1. The molecule has 1 heterocycles. The lowest BCUT2D eigenvalue weighted by molar-refractivity contribution is 0.255. The van der Waals surface area contributed by atoms with E-state index < -0.39 is 0 Å². The van der Waals surface area contributed by atoms with Crippen LogP contribution in [0.5, 0.6) is 0 Å². The zero-order chi connectivity index (χ0) is 13.0. The van der Waals surface area contributed by atoms with Gasteiger partial charge < -0.3 is 10.2 Å². The highest BCUT2D eigenvalue weighted by atomic mass is 32.1. The molecule has 1 fully saturated rings. The summed E-state index contributed by atoms with van der Waals surface area (Å²) in [5.74, 6) is 0. The van der Waals surface area contributed by atoms with Gasteiger partial charge in [0.2, 0.25) is 0 Å². The van der Waals surface area contributed by atoms with Gasteiger partial charge >= 0.3 is 0 Å². The molecule has 5 heteroatoms. The van der Waals surface area contributed by atoms with Crippen molar-refractivity contribution in [3.8, 4) is 6.07 Å². The molecule has 0 amide bonds. The first-order chi connectivity index (χ1) is 8.72. The molecule has 98 valence electrons. The molecule has 0 saturated heterocycles. The molecule has 18 heavy (non-hydrogen) atoms. The summed E-state index contributed by atoms with van der Waals surface area (Å²) in [4.78, 5) is 2.43. The molecule has 0 aliphatic heterocycles. The van der Waals surface area contributed by atoms with Crippen molar-refractivity contribution < 1.29 is 0 Å². The first kappa shape index (κ1) is 13.3. The van der Waals surface area contributed by atoms with E-state index in [2.05, 4.69) is 27.7 Å². The molecule has 2 rings (SSSR count). The lowest BCUT2D eigenvalue weighted by Crippen LogP contribution is -2.33. The van der Waals surface area contributed by atoms with Crippen LogP contribution >= 0.6 is 11.5 Å². The smallest absolute Gasteiger partial charge is 0.127 e. The Bertz CT molecular complexity index is 429. The number of hydrogen-bond acceptors (Lipinski definition) is 5. The first-order valence-electron chi connectivity index (χ1n) is 6.53. The van der Waals surface area contributed by atoms with Crippen LogP contribution in [0.1, 0.15) is 36.9 Å². The summed E-state index contributed by atoms with van der Waals surface area (Å²) in [7, 11) is 2.20. The largest absolute Gasteiger partial charge is 0.373 e. The van der Waals surface area contributed by atoms with E-state index in [0.29, 0.717) is 5.56 Å². The van der Waals surface area contributed by atoms with Crippen LogP contribution in [0.3, 0.4) is 0 Å². The highest BCUT2D eigenvalue weighted by Crippen LogP contribution is 2.24. The summed E-state index contributed by atoms with van der Waals surface area (Å²) < 4.78 is 4.21. The van der Waals surface area contributed by atoms with Crippen LogP contribution < -0.4 is 5.32 Å². The molecule has 0 bridgehead atoms. The van der Waals surface area contributed by atoms with E-state index in [9.17, 15) is 0 Å². The molecule has 1 aromatic rings. The summed E-state index contributed by atoms with van der Waals surface area (Å²) in [5.41, 5.74) is 1.53. The molecule has 0 radical (unpaired) electrons. The molecule has 1 aliphatic carbocycles. The van der Waals surface area contributed by atoms with Crippen molar-refractivity contribution >= 4 is 16.5 Å². The Morgan fingerprint density at radius 3 is 2.89 bits per heavy atom. The van der Waals surface area contributed by atoms with Gasteiger partial charge in [-0.25, -0.2) is 0 Å². The van der Waals surface area contributed by atoms with Crippen molar-refractivity contribution in [1.29, 1.82) is 5.26 Å². The Morgan fingerprint density at radius 1 is 1.50 bits per heavy atom. The quantitative estimate of drug-likeness (QED) is 0.888. The maximum absolute atomic E-state index is 9.04. The number of likely N-dealkylation sites (N-methyl/N-ethyl adjacent to an activating group) is 1. The van der Waals surface area contributed by atoms with E-state index in [1.807, 2.05) is 6.92 Å². The number of nitriles is 1. The van der Waals surface area contributed by atoms with Crippen molar-refractivity contribution in [1.82, 2.24) is 9.27 Å². The molecule has 4 nitrogen and oxygen atoms in total. The number of nitrogens with one attached hydrogen (secondary N) is 1. The molecule has 1 aromatic heterocycles. The third-order valence-corrected chi connectivity index (χ3v) is 4.57. The number of rotatable bonds is 5. The van der Waals surface area contributed by atoms with Crippen LogP contribution in [0, 0.1) is 18.3 Å². The maximum atomic E-state index is 9.04. The SMILES string of the molecule is Cc1nsc(NCCN(C)C2CCCC2)c1C#N. The first-order valence-corrected chi connectivity index (χ1v) is 7.30. The van der Waals surface area contributed by atoms with Gasteiger partial charge in [0.05, 0.1) is 5.69 Å². The van der Waals surface area contributed by atoms with Gasteiger partial charge in [-0.1, -0.05) is 12.8 Å². The summed E-state index contributed by atoms with van der Waals surface area (Å²) >= 11 is 1.38. The standard InChI is InChI=1S/C13H20N4S/c1-10-12(9-14)13(18-16-10)15-7-8-17(2)11-5-3-4-6-11/h11,15H,3-8H2,1-2H3. The van der Waals surface area contributed by atoms with Gasteiger partial charge in [0.25, 0.3) is 0 Å². The molecule has 1 saturated carbocycles. The van der Waals surface area contributed by atoms with Gasteiger partial charge in [0, 0.05) is 19.1 Å². The van der Waals surface area contributed by atoms with Gasteiger partial charge in [0.1, 0.15) is 16.6 Å². The summed E-state index contributed by atoms with van der Waals surface area (Å²) in [6.45, 7) is 3.78. The molecule has 1 N–H and O–H groups in total. The predicted molar refractivity (Wildman–Crippen MR) is 74.9 cm³/mol. The van der Waals surface area contributed by atoms with Crippen molar-refractivity contribution in [3.05, 3.63) is 11.3 Å². The topological polar surface area (TPSA) is 52.0 Å². The van der Waals surface area contributed by atoms with Gasteiger partial charge in [-0.2, -0.15) is 9.64 Å². The van der Waals surface area contributed by atoms with Gasteiger partial charge in [-0.15, -0.1) is 0 Å². The summed E-state index contributed by atoms with van der Waals surface area (Å²) in [6.07, 6.45) is 5.41. The number of nitrogens with zero attached hydrogens (tertiary/aromatic N) is 3. The van der Waals surface area contributed by atoms with Crippen LogP contribution in [-0.4, -0.2) is 35.5 Å². The maximum Gasteiger partial charge on any atom is 0.127 e. The molecule has 0 unspecified atom stereocenters. The molecule has 0 spiro atoms. The third-order valence-electron chi connectivity index (χ3n) is 3.67. The summed E-state index contributed by atoms with van der Waals surface area (Å²) in [6, 6.07) is 2.96. The molecule has 1 aliphatic rings. The predicted octanol–water partition coefficient (Wildman–Crippen LogP) is 2.61. The Hall–Kier alpha value is -1.12. The van der Waals surface area contributed by atoms with E-state index in [0.717, 1.165) is 29.8 Å². The average molecular weight is 264 g/mol. The summed E-state index contributed by atoms with van der Waals surface area (Å²) in [5, 5.41) is 13.3. The minimum Gasteiger partial charge on any atom is -0.373 e. The molecular weight excluding hydrogens is 244 g/mol. The van der Waals surface area contributed by atoms with E-state index >= 15 is 0 Å². The van der Waals surface area contributed by atoms with Crippen molar-refractivity contribution in [2.45, 2.75) is 38.6 Å². The molecular formula is C13H20N4S. The minimum absolute atomic E-state index is 0.698. The van der Waals surface area contributed by atoms with E-state index in [4.69, 9.17) is 5.26 Å². The Kier molecular flexibility index (Phi) is 4.56. The number of anilines is 1. The van der Waals surface area contributed by atoms with E-state index in [1.165, 1.54) is 37.2 Å². The van der Waals surface area contributed by atoms with Crippen LogP contribution in [0.15, 0.2) is 0 Å². The average Bonchev–Trinajstić information content (AvgIpc) is 2.99. The Balaban J connectivity index is 1.79.